The summed E-state index contributed by atoms with van der Waals surface area (Å²) in [6.07, 6.45) is 4.20. The van der Waals surface area contributed by atoms with Crippen molar-refractivity contribution in [3.63, 3.8) is 0 Å². The van der Waals surface area contributed by atoms with E-state index >= 15 is 0 Å². The lowest BCUT2D eigenvalue weighted by molar-refractivity contribution is 0.172. The molecule has 2 N–H and O–H groups in total. The molecule has 0 fully saturated rings. The van der Waals surface area contributed by atoms with Gasteiger partial charge in [0, 0.05) is 0 Å². The van der Waals surface area contributed by atoms with Crippen LogP contribution in [0.15, 0.2) is 23.1 Å². The number of benzene rings is 1. The van der Waals surface area contributed by atoms with Gasteiger partial charge in [0.1, 0.15) is 0 Å². The van der Waals surface area contributed by atoms with E-state index in [1.54, 1.807) is 12.1 Å². The minimum atomic E-state index is -3.59. The first-order chi connectivity index (χ1) is 9.46. The van der Waals surface area contributed by atoms with Crippen molar-refractivity contribution in [1.82, 2.24) is 4.72 Å². The van der Waals surface area contributed by atoms with Gasteiger partial charge in [-0.15, -0.1) is 0 Å². The van der Waals surface area contributed by atoms with Crippen LogP contribution >= 0.6 is 0 Å². The van der Waals surface area contributed by atoms with E-state index in [9.17, 15) is 13.5 Å². The number of fused-ring (bicyclic) bond motifs is 1. The zero-order valence-corrected chi connectivity index (χ0v) is 13.0. The maximum atomic E-state index is 12.5. The largest absolute Gasteiger partial charge is 0.394 e. The molecule has 20 heavy (non-hydrogen) atoms. The maximum Gasteiger partial charge on any atom is 0.241 e. The summed E-state index contributed by atoms with van der Waals surface area (Å²) < 4.78 is 27.7. The van der Waals surface area contributed by atoms with E-state index < -0.39 is 15.6 Å². The fraction of sp³-hybridized carbons (Fsp3) is 0.600. The van der Waals surface area contributed by atoms with Crippen molar-refractivity contribution in [1.29, 1.82) is 0 Å². The Hall–Kier alpha value is -0.910. The summed E-state index contributed by atoms with van der Waals surface area (Å²) in [5.41, 5.74) is 1.62. The molecule has 4 nitrogen and oxygen atoms in total. The lowest BCUT2D eigenvalue weighted by Gasteiger charge is -2.30. The van der Waals surface area contributed by atoms with Crippen molar-refractivity contribution < 1.29 is 13.5 Å². The average molecular weight is 297 g/mol. The summed E-state index contributed by atoms with van der Waals surface area (Å²) in [5.74, 6) is 0. The second-order valence-corrected chi connectivity index (χ2v) is 7.22. The Bertz CT molecular complexity index is 569. The fourth-order valence-corrected chi connectivity index (χ4v) is 4.30. The number of aliphatic hydroxyl groups is 1. The standard InChI is InChI=1S/C15H23NO3S/c1-3-15(4-2,11-17)16-20(18,19)14-9-8-12-6-5-7-13(12)10-14/h8-10,16-17H,3-7,11H2,1-2H3. The molecule has 0 heterocycles. The molecule has 1 aromatic rings. The molecule has 112 valence electrons. The van der Waals surface area contributed by atoms with Crippen molar-refractivity contribution in [2.75, 3.05) is 6.61 Å². The lowest BCUT2D eigenvalue weighted by atomic mass is 9.96. The van der Waals surface area contributed by atoms with Crippen LogP contribution in [-0.2, 0) is 22.9 Å². The van der Waals surface area contributed by atoms with Gasteiger partial charge < -0.3 is 5.11 Å². The predicted molar refractivity (Wildman–Crippen MR) is 79.2 cm³/mol. The monoisotopic (exact) mass is 297 g/mol. The summed E-state index contributed by atoms with van der Waals surface area (Å²) in [6.45, 7) is 3.57. The highest BCUT2D eigenvalue weighted by Crippen LogP contribution is 2.26. The molecule has 1 aromatic carbocycles. The number of hydrogen-bond acceptors (Lipinski definition) is 3. The Morgan fingerprint density at radius 1 is 1.20 bits per heavy atom. The minimum Gasteiger partial charge on any atom is -0.394 e. The number of aliphatic hydroxyl groups excluding tert-OH is 1. The van der Waals surface area contributed by atoms with Gasteiger partial charge in [0.15, 0.2) is 0 Å². The molecular formula is C15H23NO3S. The maximum absolute atomic E-state index is 12.5. The number of sulfonamides is 1. The molecule has 0 spiro atoms. The summed E-state index contributed by atoms with van der Waals surface area (Å²) >= 11 is 0. The topological polar surface area (TPSA) is 66.4 Å². The zero-order valence-electron chi connectivity index (χ0n) is 12.1. The van der Waals surface area contributed by atoms with E-state index in [1.807, 2.05) is 19.9 Å². The molecule has 0 aliphatic heterocycles. The van der Waals surface area contributed by atoms with Crippen molar-refractivity contribution in [2.24, 2.45) is 0 Å². The highest BCUT2D eigenvalue weighted by Gasteiger charge is 2.31. The highest BCUT2D eigenvalue weighted by molar-refractivity contribution is 7.89. The number of rotatable bonds is 6. The molecular weight excluding hydrogens is 274 g/mol. The molecule has 1 aliphatic carbocycles. The van der Waals surface area contributed by atoms with Crippen LogP contribution in [0.3, 0.4) is 0 Å². The van der Waals surface area contributed by atoms with Gasteiger partial charge in [0.25, 0.3) is 0 Å². The van der Waals surface area contributed by atoms with Crippen molar-refractivity contribution in [2.45, 2.75) is 56.4 Å². The van der Waals surface area contributed by atoms with E-state index in [2.05, 4.69) is 4.72 Å². The quantitative estimate of drug-likeness (QED) is 0.844. The molecule has 0 atom stereocenters. The van der Waals surface area contributed by atoms with E-state index in [-0.39, 0.29) is 6.61 Å². The molecule has 0 bridgehead atoms. The Balaban J connectivity index is 2.31. The van der Waals surface area contributed by atoms with Gasteiger partial charge in [0.05, 0.1) is 17.0 Å². The Labute approximate surface area is 121 Å². The third-order valence-electron chi connectivity index (χ3n) is 4.39. The molecule has 0 saturated carbocycles. The number of hydrogen-bond donors (Lipinski definition) is 2. The van der Waals surface area contributed by atoms with Crippen LogP contribution in [0.4, 0.5) is 0 Å². The average Bonchev–Trinajstić information content (AvgIpc) is 2.92. The number of aryl methyl sites for hydroxylation is 2. The Kier molecular flexibility index (Phi) is 4.52. The highest BCUT2D eigenvalue weighted by atomic mass is 32.2. The van der Waals surface area contributed by atoms with Crippen LogP contribution in [0.2, 0.25) is 0 Å². The third-order valence-corrected chi connectivity index (χ3v) is 5.96. The van der Waals surface area contributed by atoms with Crippen LogP contribution < -0.4 is 4.72 Å². The van der Waals surface area contributed by atoms with Crippen molar-refractivity contribution in [3.8, 4) is 0 Å². The first-order valence-electron chi connectivity index (χ1n) is 7.23. The van der Waals surface area contributed by atoms with Gasteiger partial charge in [-0.05, 0) is 55.4 Å². The lowest BCUT2D eigenvalue weighted by Crippen LogP contribution is -2.50. The molecule has 0 unspecified atom stereocenters. The van der Waals surface area contributed by atoms with E-state index in [4.69, 9.17) is 0 Å². The minimum absolute atomic E-state index is 0.190. The smallest absolute Gasteiger partial charge is 0.241 e. The van der Waals surface area contributed by atoms with Gasteiger partial charge in [-0.3, -0.25) is 0 Å². The molecule has 2 rings (SSSR count). The van der Waals surface area contributed by atoms with Gasteiger partial charge in [0.2, 0.25) is 10.0 Å². The summed E-state index contributed by atoms with van der Waals surface area (Å²) in [6, 6.07) is 5.35. The molecule has 0 aromatic heterocycles. The molecule has 0 amide bonds. The molecule has 5 heteroatoms. The van der Waals surface area contributed by atoms with Gasteiger partial charge >= 0.3 is 0 Å². The third kappa shape index (κ3) is 2.90. The summed E-state index contributed by atoms with van der Waals surface area (Å²) in [7, 11) is -3.59. The second-order valence-electron chi connectivity index (χ2n) is 5.54. The first kappa shape index (κ1) is 15.5. The van der Waals surface area contributed by atoms with Crippen molar-refractivity contribution >= 4 is 10.0 Å². The normalized spacial score (nSPS) is 15.3. The van der Waals surface area contributed by atoms with Gasteiger partial charge in [-0.2, -0.15) is 0 Å². The van der Waals surface area contributed by atoms with E-state index in [0.717, 1.165) is 24.8 Å². The van der Waals surface area contributed by atoms with E-state index in [1.165, 1.54) is 5.56 Å². The molecule has 0 radical (unpaired) electrons. The Morgan fingerprint density at radius 2 is 1.85 bits per heavy atom. The molecule has 1 aliphatic rings. The van der Waals surface area contributed by atoms with E-state index in [0.29, 0.717) is 17.7 Å². The first-order valence-corrected chi connectivity index (χ1v) is 8.71. The van der Waals surface area contributed by atoms with Crippen LogP contribution in [0.5, 0.6) is 0 Å². The second kappa shape index (κ2) is 5.84. The van der Waals surface area contributed by atoms with Crippen LogP contribution in [0.25, 0.3) is 0 Å². The van der Waals surface area contributed by atoms with Gasteiger partial charge in [-0.25, -0.2) is 13.1 Å². The van der Waals surface area contributed by atoms with Crippen LogP contribution in [0, 0.1) is 0 Å². The van der Waals surface area contributed by atoms with Crippen LogP contribution in [0.1, 0.15) is 44.2 Å². The van der Waals surface area contributed by atoms with Gasteiger partial charge in [-0.1, -0.05) is 19.9 Å². The zero-order chi connectivity index (χ0) is 14.8. The van der Waals surface area contributed by atoms with Crippen molar-refractivity contribution in [3.05, 3.63) is 29.3 Å². The fourth-order valence-electron chi connectivity index (χ4n) is 2.71. The van der Waals surface area contributed by atoms with Crippen LogP contribution in [-0.4, -0.2) is 25.7 Å². The predicted octanol–water partition coefficient (Wildman–Crippen LogP) is 2.00. The summed E-state index contributed by atoms with van der Waals surface area (Å²) in [4.78, 5) is 0.304. The molecule has 0 saturated heterocycles. The summed E-state index contributed by atoms with van der Waals surface area (Å²) in [5, 5.41) is 9.51. The number of nitrogens with one attached hydrogen (secondary N) is 1. The Morgan fingerprint density at radius 3 is 2.45 bits per heavy atom. The SMILES string of the molecule is CCC(CC)(CO)NS(=O)(=O)c1ccc2c(c1)CCC2.